The fourth-order valence-electron chi connectivity index (χ4n) is 2.73. The Kier molecular flexibility index (Phi) is 4.81. The smallest absolute Gasteiger partial charge is 0.339 e. The van der Waals surface area contributed by atoms with E-state index in [-0.39, 0.29) is 21.8 Å². The van der Waals surface area contributed by atoms with Gasteiger partial charge in [0.05, 0.1) is 29.6 Å². The molecule has 0 aliphatic carbocycles. The summed E-state index contributed by atoms with van der Waals surface area (Å²) < 4.78 is 35.9. The lowest BCUT2D eigenvalue weighted by atomic mass is 10.0. The predicted octanol–water partition coefficient (Wildman–Crippen LogP) is 3.63. The first-order valence-corrected chi connectivity index (χ1v) is 9.34. The standard InChI is InChI=1S/C19H16O6S/c1-24-18-15(16-8-5-11-25-16)10-9-13(17(18)19(20)21)12-26(22,23)14-6-3-2-4-7-14/h2-11H,12H2,1H3,(H,20,21). The molecule has 2 aromatic carbocycles. The zero-order valence-electron chi connectivity index (χ0n) is 13.9. The third-order valence-electron chi connectivity index (χ3n) is 3.90. The van der Waals surface area contributed by atoms with Crippen LogP contribution in [0, 0.1) is 0 Å². The minimum absolute atomic E-state index is 0.0632. The van der Waals surface area contributed by atoms with Crippen LogP contribution in [0.5, 0.6) is 5.75 Å². The highest BCUT2D eigenvalue weighted by Crippen LogP contribution is 2.36. The molecule has 0 bridgehead atoms. The van der Waals surface area contributed by atoms with Crippen molar-refractivity contribution in [3.63, 3.8) is 0 Å². The molecule has 7 heteroatoms. The van der Waals surface area contributed by atoms with Gasteiger partial charge in [-0.3, -0.25) is 0 Å². The van der Waals surface area contributed by atoms with Crippen LogP contribution in [0.2, 0.25) is 0 Å². The lowest BCUT2D eigenvalue weighted by Crippen LogP contribution is -2.12. The molecule has 1 aromatic heterocycles. The summed E-state index contributed by atoms with van der Waals surface area (Å²) >= 11 is 0. The summed E-state index contributed by atoms with van der Waals surface area (Å²) in [5.74, 6) is -1.23. The van der Waals surface area contributed by atoms with Gasteiger partial charge < -0.3 is 14.3 Å². The molecule has 0 aliphatic heterocycles. The van der Waals surface area contributed by atoms with E-state index < -0.39 is 21.6 Å². The molecule has 26 heavy (non-hydrogen) atoms. The van der Waals surface area contributed by atoms with Gasteiger partial charge in [-0.15, -0.1) is 0 Å². The number of carbonyl (C=O) groups is 1. The summed E-state index contributed by atoms with van der Waals surface area (Å²) in [6.07, 6.45) is 1.46. The van der Waals surface area contributed by atoms with Crippen LogP contribution in [0.1, 0.15) is 15.9 Å². The maximum Gasteiger partial charge on any atom is 0.339 e. The molecule has 0 amide bonds. The number of aromatic carboxylic acids is 1. The minimum Gasteiger partial charge on any atom is -0.495 e. The summed E-state index contributed by atoms with van der Waals surface area (Å²) in [6, 6.07) is 14.3. The van der Waals surface area contributed by atoms with Gasteiger partial charge in [0.25, 0.3) is 0 Å². The van der Waals surface area contributed by atoms with Gasteiger partial charge >= 0.3 is 5.97 Å². The van der Waals surface area contributed by atoms with Crippen LogP contribution in [0.15, 0.2) is 70.2 Å². The van der Waals surface area contributed by atoms with Gasteiger partial charge in [-0.2, -0.15) is 0 Å². The second-order valence-corrected chi connectivity index (χ2v) is 7.52. The Morgan fingerprint density at radius 1 is 1.08 bits per heavy atom. The first-order chi connectivity index (χ1) is 12.4. The summed E-state index contributed by atoms with van der Waals surface area (Å²) in [5, 5.41) is 9.66. The van der Waals surface area contributed by atoms with E-state index in [1.165, 1.54) is 31.6 Å². The van der Waals surface area contributed by atoms with E-state index in [2.05, 4.69) is 0 Å². The van der Waals surface area contributed by atoms with E-state index in [1.807, 2.05) is 0 Å². The highest BCUT2D eigenvalue weighted by molar-refractivity contribution is 7.90. The maximum atomic E-state index is 12.6. The fourth-order valence-corrected chi connectivity index (χ4v) is 4.12. The number of sulfone groups is 1. The van der Waals surface area contributed by atoms with E-state index in [1.54, 1.807) is 36.4 Å². The molecule has 0 radical (unpaired) electrons. The lowest BCUT2D eigenvalue weighted by molar-refractivity contribution is 0.0692. The van der Waals surface area contributed by atoms with Crippen LogP contribution in [-0.2, 0) is 15.6 Å². The van der Waals surface area contributed by atoms with E-state index in [4.69, 9.17) is 9.15 Å². The van der Waals surface area contributed by atoms with Gasteiger partial charge in [0.2, 0.25) is 0 Å². The SMILES string of the molecule is COc1c(-c2ccco2)ccc(CS(=O)(=O)c2ccccc2)c1C(=O)O. The zero-order valence-corrected chi connectivity index (χ0v) is 14.7. The normalized spacial score (nSPS) is 11.3. The lowest BCUT2D eigenvalue weighted by Gasteiger charge is -2.14. The molecule has 0 atom stereocenters. The van der Waals surface area contributed by atoms with Crippen molar-refractivity contribution in [2.75, 3.05) is 7.11 Å². The van der Waals surface area contributed by atoms with Gasteiger partial charge in [0.15, 0.2) is 9.84 Å². The molecular formula is C19H16O6S. The molecule has 0 saturated carbocycles. The number of rotatable bonds is 6. The first kappa shape index (κ1) is 17.8. The van der Waals surface area contributed by atoms with Gasteiger partial charge in [0.1, 0.15) is 17.1 Å². The van der Waals surface area contributed by atoms with E-state index >= 15 is 0 Å². The minimum atomic E-state index is -3.70. The number of furan rings is 1. The Bertz CT molecular complexity index is 1020. The molecular weight excluding hydrogens is 356 g/mol. The van der Waals surface area contributed by atoms with Crippen molar-refractivity contribution in [2.24, 2.45) is 0 Å². The van der Waals surface area contributed by atoms with Crippen LogP contribution in [0.3, 0.4) is 0 Å². The predicted molar refractivity (Wildman–Crippen MR) is 95.0 cm³/mol. The number of hydrogen-bond donors (Lipinski definition) is 1. The van der Waals surface area contributed by atoms with Crippen LogP contribution >= 0.6 is 0 Å². The number of carboxylic acids is 1. The van der Waals surface area contributed by atoms with Crippen LogP contribution in [0.25, 0.3) is 11.3 Å². The fraction of sp³-hybridized carbons (Fsp3) is 0.105. The second-order valence-electron chi connectivity index (χ2n) is 5.54. The third kappa shape index (κ3) is 3.34. The van der Waals surface area contributed by atoms with Gasteiger partial charge in [-0.25, -0.2) is 13.2 Å². The van der Waals surface area contributed by atoms with E-state index in [0.717, 1.165) is 0 Å². The summed E-state index contributed by atoms with van der Waals surface area (Å²) in [7, 11) is -2.37. The number of benzene rings is 2. The highest BCUT2D eigenvalue weighted by Gasteiger charge is 2.25. The topological polar surface area (TPSA) is 93.8 Å². The van der Waals surface area contributed by atoms with E-state index in [0.29, 0.717) is 11.3 Å². The molecule has 1 N–H and O–H groups in total. The molecule has 3 rings (SSSR count). The third-order valence-corrected chi connectivity index (χ3v) is 5.58. The molecule has 1 heterocycles. The van der Waals surface area contributed by atoms with Crippen molar-refractivity contribution in [1.29, 1.82) is 0 Å². The number of carboxylic acid groups (broad SMARTS) is 1. The van der Waals surface area contributed by atoms with Crippen LogP contribution in [-0.4, -0.2) is 26.6 Å². The van der Waals surface area contributed by atoms with Gasteiger partial charge in [-0.05, 0) is 35.9 Å². The van der Waals surface area contributed by atoms with Crippen LogP contribution < -0.4 is 4.74 Å². The quantitative estimate of drug-likeness (QED) is 0.710. The average molecular weight is 372 g/mol. The number of hydrogen-bond acceptors (Lipinski definition) is 5. The van der Waals surface area contributed by atoms with Gasteiger partial charge in [0, 0.05) is 0 Å². The van der Waals surface area contributed by atoms with Crippen molar-refractivity contribution in [2.45, 2.75) is 10.6 Å². The molecule has 0 spiro atoms. The first-order valence-electron chi connectivity index (χ1n) is 7.69. The van der Waals surface area contributed by atoms with Crippen molar-refractivity contribution >= 4 is 15.8 Å². The second kappa shape index (κ2) is 7.05. The summed E-state index contributed by atoms with van der Waals surface area (Å²) in [5.41, 5.74) is 0.394. The molecule has 0 fully saturated rings. The highest BCUT2D eigenvalue weighted by atomic mass is 32.2. The molecule has 0 aliphatic rings. The Morgan fingerprint density at radius 2 is 1.81 bits per heavy atom. The molecule has 0 unspecified atom stereocenters. The maximum absolute atomic E-state index is 12.6. The molecule has 134 valence electrons. The number of methoxy groups -OCH3 is 1. The average Bonchev–Trinajstić information content (AvgIpc) is 3.15. The Labute approximate surface area is 150 Å². The van der Waals surface area contributed by atoms with Crippen molar-refractivity contribution < 1.29 is 27.5 Å². The number of ether oxygens (including phenoxy) is 1. The Hall–Kier alpha value is -3.06. The Morgan fingerprint density at radius 3 is 2.38 bits per heavy atom. The van der Waals surface area contributed by atoms with Crippen molar-refractivity contribution in [3.8, 4) is 17.1 Å². The summed E-state index contributed by atoms with van der Waals surface area (Å²) in [4.78, 5) is 12.0. The Balaban J connectivity index is 2.12. The summed E-state index contributed by atoms with van der Waals surface area (Å²) in [6.45, 7) is 0. The molecule has 6 nitrogen and oxygen atoms in total. The van der Waals surface area contributed by atoms with Crippen molar-refractivity contribution in [3.05, 3.63) is 72.0 Å². The monoisotopic (exact) mass is 372 g/mol. The molecule has 0 saturated heterocycles. The van der Waals surface area contributed by atoms with Crippen molar-refractivity contribution in [1.82, 2.24) is 0 Å². The zero-order chi connectivity index (χ0) is 18.7. The van der Waals surface area contributed by atoms with E-state index in [9.17, 15) is 18.3 Å². The van der Waals surface area contributed by atoms with Gasteiger partial charge in [-0.1, -0.05) is 24.3 Å². The van der Waals surface area contributed by atoms with Crippen LogP contribution in [0.4, 0.5) is 0 Å². The largest absolute Gasteiger partial charge is 0.495 e. The molecule has 3 aromatic rings.